The fourth-order valence-corrected chi connectivity index (χ4v) is 3.04. The van der Waals surface area contributed by atoms with Gasteiger partial charge in [0.05, 0.1) is 17.1 Å². The van der Waals surface area contributed by atoms with Gasteiger partial charge < -0.3 is 15.4 Å². The number of nitrogens with one attached hydrogen (secondary N) is 1. The molecule has 0 saturated carbocycles. The molecule has 1 aromatic heterocycles. The van der Waals surface area contributed by atoms with E-state index < -0.39 is 13.0 Å². The highest BCUT2D eigenvalue weighted by atomic mass is 32.2. The van der Waals surface area contributed by atoms with Crippen LogP contribution in [0.5, 0.6) is 0 Å². The molecule has 0 unspecified atom stereocenters. The van der Waals surface area contributed by atoms with Crippen LogP contribution in [0.3, 0.4) is 0 Å². The van der Waals surface area contributed by atoms with Gasteiger partial charge in [0.15, 0.2) is 5.69 Å². The van der Waals surface area contributed by atoms with Gasteiger partial charge in [0, 0.05) is 11.4 Å². The highest BCUT2D eigenvalue weighted by Crippen LogP contribution is 2.33. The molecule has 6 nitrogen and oxygen atoms in total. The molecular formula is C14H17BFN3O3S. The second-order valence-corrected chi connectivity index (χ2v) is 6.06. The lowest BCUT2D eigenvalue weighted by Crippen LogP contribution is -2.33. The van der Waals surface area contributed by atoms with Crippen molar-refractivity contribution < 1.29 is 19.3 Å². The highest BCUT2D eigenvalue weighted by molar-refractivity contribution is 7.99. The summed E-state index contributed by atoms with van der Waals surface area (Å²) in [6.45, 7) is 4.02. The normalized spacial score (nSPS) is 10.8. The Bertz CT molecular complexity index is 691. The summed E-state index contributed by atoms with van der Waals surface area (Å²) in [5, 5.41) is 25.7. The van der Waals surface area contributed by atoms with E-state index in [1.54, 1.807) is 25.9 Å². The smallest absolute Gasteiger partial charge is 0.373 e. The lowest BCUT2D eigenvalue weighted by atomic mass is 9.89. The van der Waals surface area contributed by atoms with Crippen molar-refractivity contribution in [2.45, 2.75) is 30.1 Å². The molecule has 2 aromatic rings. The van der Waals surface area contributed by atoms with Crippen LogP contribution in [-0.2, 0) is 6.54 Å². The molecule has 23 heavy (non-hydrogen) atoms. The van der Waals surface area contributed by atoms with E-state index in [-0.39, 0.29) is 11.5 Å². The number of carbonyl (C=O) groups is 1. The molecule has 0 spiro atoms. The predicted molar refractivity (Wildman–Crippen MR) is 86.3 cm³/mol. The lowest BCUT2D eigenvalue weighted by molar-refractivity contribution is 0.0679. The predicted octanol–water partition coefficient (Wildman–Crippen LogP) is 1.88. The number of aryl methyl sites for hydroxylation is 1. The second kappa shape index (κ2) is 7.63. The van der Waals surface area contributed by atoms with Crippen LogP contribution in [0.1, 0.15) is 16.2 Å². The number of aromatic nitrogens is 2. The standard InChI is InChI=1S/C14H17BFN3O3S/c1-9-13(23-11-5-3-10(16)4-6-11)12(14(20)21)19(18-9)8-7-17-15(2)22/h3-6,17,22H,7-8H2,1-2H3,(H,20,21). The summed E-state index contributed by atoms with van der Waals surface area (Å²) in [6, 6.07) is 5.85. The molecule has 0 aliphatic carbocycles. The molecule has 3 N–H and O–H groups in total. The van der Waals surface area contributed by atoms with E-state index in [9.17, 15) is 19.3 Å². The number of benzene rings is 1. The number of hydrogen-bond acceptors (Lipinski definition) is 5. The van der Waals surface area contributed by atoms with E-state index in [1.807, 2.05) is 0 Å². The average Bonchev–Trinajstić information content (AvgIpc) is 2.77. The minimum Gasteiger partial charge on any atom is -0.476 e. The van der Waals surface area contributed by atoms with Crippen LogP contribution < -0.4 is 5.23 Å². The fraction of sp³-hybridized carbons (Fsp3) is 0.286. The summed E-state index contributed by atoms with van der Waals surface area (Å²) < 4.78 is 14.4. The molecular weight excluding hydrogens is 320 g/mol. The molecule has 0 aliphatic heterocycles. The Hall–Kier alpha value is -1.84. The summed E-state index contributed by atoms with van der Waals surface area (Å²) >= 11 is 1.24. The Kier molecular flexibility index (Phi) is 5.81. The van der Waals surface area contributed by atoms with E-state index in [0.717, 1.165) is 4.90 Å². The lowest BCUT2D eigenvalue weighted by Gasteiger charge is -2.07. The Morgan fingerprint density at radius 3 is 2.65 bits per heavy atom. The van der Waals surface area contributed by atoms with Crippen LogP contribution in [0.15, 0.2) is 34.1 Å². The van der Waals surface area contributed by atoms with Gasteiger partial charge >= 0.3 is 13.0 Å². The van der Waals surface area contributed by atoms with Crippen molar-refractivity contribution in [3.63, 3.8) is 0 Å². The maximum absolute atomic E-state index is 13.0. The largest absolute Gasteiger partial charge is 0.476 e. The second-order valence-electron chi connectivity index (χ2n) is 4.98. The summed E-state index contributed by atoms with van der Waals surface area (Å²) in [5.41, 5.74) is 0.679. The molecule has 0 amide bonds. The van der Waals surface area contributed by atoms with Crippen molar-refractivity contribution in [1.82, 2.24) is 15.0 Å². The summed E-state index contributed by atoms with van der Waals surface area (Å²) in [6.07, 6.45) is 0. The van der Waals surface area contributed by atoms with Gasteiger partial charge in [0.2, 0.25) is 0 Å². The molecule has 1 heterocycles. The first-order valence-corrected chi connectivity index (χ1v) is 7.85. The van der Waals surface area contributed by atoms with Crippen LogP contribution in [0.25, 0.3) is 0 Å². The third kappa shape index (κ3) is 4.57. The minimum atomic E-state index is -1.08. The van der Waals surface area contributed by atoms with Crippen LogP contribution in [-0.4, -0.2) is 39.5 Å². The van der Waals surface area contributed by atoms with Gasteiger partial charge in [-0.25, -0.2) is 9.18 Å². The molecule has 0 aliphatic rings. The van der Waals surface area contributed by atoms with Gasteiger partial charge in [-0.15, -0.1) is 0 Å². The number of halogens is 1. The third-order valence-electron chi connectivity index (χ3n) is 3.07. The molecule has 1 aromatic carbocycles. The van der Waals surface area contributed by atoms with Gasteiger partial charge in [0.1, 0.15) is 5.82 Å². The molecule has 2 rings (SSSR count). The first-order chi connectivity index (χ1) is 10.9. The van der Waals surface area contributed by atoms with Gasteiger partial charge in [-0.1, -0.05) is 11.8 Å². The van der Waals surface area contributed by atoms with Crippen molar-refractivity contribution in [2.24, 2.45) is 0 Å². The molecule has 0 fully saturated rings. The summed E-state index contributed by atoms with van der Waals surface area (Å²) in [7, 11) is -0.673. The molecule has 0 atom stereocenters. The Morgan fingerprint density at radius 1 is 1.43 bits per heavy atom. The van der Waals surface area contributed by atoms with Crippen LogP contribution in [0.2, 0.25) is 6.82 Å². The summed E-state index contributed by atoms with van der Waals surface area (Å²) in [5.74, 6) is -1.42. The van der Waals surface area contributed by atoms with Crippen LogP contribution >= 0.6 is 11.8 Å². The number of rotatable bonds is 7. The molecule has 0 saturated heterocycles. The maximum Gasteiger partial charge on any atom is 0.373 e. The maximum atomic E-state index is 13.0. The Labute approximate surface area is 137 Å². The van der Waals surface area contributed by atoms with Gasteiger partial charge in [-0.2, -0.15) is 5.10 Å². The van der Waals surface area contributed by atoms with Crippen LogP contribution in [0, 0.1) is 12.7 Å². The van der Waals surface area contributed by atoms with Gasteiger partial charge in [0.25, 0.3) is 0 Å². The first kappa shape index (κ1) is 17.5. The highest BCUT2D eigenvalue weighted by Gasteiger charge is 2.22. The number of carboxylic acid groups (broad SMARTS) is 1. The van der Waals surface area contributed by atoms with Crippen molar-refractivity contribution in [2.75, 3.05) is 6.54 Å². The Balaban J connectivity index is 2.26. The van der Waals surface area contributed by atoms with Crippen molar-refractivity contribution in [1.29, 1.82) is 0 Å². The van der Waals surface area contributed by atoms with E-state index in [1.165, 1.54) is 28.6 Å². The zero-order valence-electron chi connectivity index (χ0n) is 12.8. The van der Waals surface area contributed by atoms with E-state index >= 15 is 0 Å². The zero-order chi connectivity index (χ0) is 17.0. The van der Waals surface area contributed by atoms with E-state index in [4.69, 9.17) is 0 Å². The topological polar surface area (TPSA) is 87.4 Å². The zero-order valence-corrected chi connectivity index (χ0v) is 13.6. The Morgan fingerprint density at radius 2 is 2.09 bits per heavy atom. The SMILES string of the molecule is CB(O)NCCn1nc(C)c(Sc2ccc(F)cc2)c1C(=O)O. The minimum absolute atomic E-state index is 0.0872. The van der Waals surface area contributed by atoms with E-state index in [0.29, 0.717) is 23.7 Å². The van der Waals surface area contributed by atoms with Crippen LogP contribution in [0.4, 0.5) is 4.39 Å². The number of hydrogen-bond donors (Lipinski definition) is 3. The van der Waals surface area contributed by atoms with Gasteiger partial charge in [-0.05, 0) is 38.0 Å². The average molecular weight is 337 g/mol. The number of carboxylic acids is 1. The van der Waals surface area contributed by atoms with Crippen molar-refractivity contribution in [3.05, 3.63) is 41.5 Å². The molecule has 122 valence electrons. The quantitative estimate of drug-likeness (QED) is 0.669. The fourth-order valence-electron chi connectivity index (χ4n) is 2.06. The van der Waals surface area contributed by atoms with Crippen molar-refractivity contribution in [3.8, 4) is 0 Å². The summed E-state index contributed by atoms with van der Waals surface area (Å²) in [4.78, 5) is 12.9. The molecule has 0 radical (unpaired) electrons. The third-order valence-corrected chi connectivity index (χ3v) is 4.27. The molecule has 9 heteroatoms. The number of aromatic carboxylic acids is 1. The monoisotopic (exact) mass is 337 g/mol. The van der Waals surface area contributed by atoms with E-state index in [2.05, 4.69) is 10.3 Å². The van der Waals surface area contributed by atoms with Crippen molar-refractivity contribution >= 4 is 24.8 Å². The first-order valence-electron chi connectivity index (χ1n) is 7.04. The number of nitrogens with zero attached hydrogens (tertiary/aromatic N) is 2. The molecule has 0 bridgehead atoms. The van der Waals surface area contributed by atoms with Gasteiger partial charge in [-0.3, -0.25) is 4.68 Å².